The highest BCUT2D eigenvalue weighted by Gasteiger charge is 2.34. The van der Waals surface area contributed by atoms with E-state index in [0.29, 0.717) is 22.7 Å². The molecule has 2 aromatic carbocycles. The van der Waals surface area contributed by atoms with Crippen molar-refractivity contribution in [3.05, 3.63) is 59.7 Å². The summed E-state index contributed by atoms with van der Waals surface area (Å²) in [5.41, 5.74) is 1.19. The zero-order valence-corrected chi connectivity index (χ0v) is 15.0. The molecule has 2 amide bonds. The molecule has 1 N–H and O–H groups in total. The van der Waals surface area contributed by atoms with E-state index in [1.54, 1.807) is 42.5 Å². The average Bonchev–Trinajstić information content (AvgIpc) is 2.65. The van der Waals surface area contributed by atoms with Gasteiger partial charge in [0.15, 0.2) is 16.6 Å². The molecular weight excluding hydrogens is 352 g/mol. The second kappa shape index (κ2) is 7.37. The number of thiocarbonyl (C=S) groups is 1. The molecule has 1 aliphatic rings. The van der Waals surface area contributed by atoms with Gasteiger partial charge in [-0.25, -0.2) is 0 Å². The van der Waals surface area contributed by atoms with Gasteiger partial charge in [-0.2, -0.15) is 0 Å². The lowest BCUT2D eigenvalue weighted by Crippen LogP contribution is -2.54. The second-order valence-electron chi connectivity index (χ2n) is 5.41. The number of hydrogen-bond acceptors (Lipinski definition) is 5. The van der Waals surface area contributed by atoms with Crippen molar-refractivity contribution in [2.75, 3.05) is 19.1 Å². The number of nitrogens with zero attached hydrogens (tertiary/aromatic N) is 1. The Hall–Kier alpha value is -3.19. The maximum absolute atomic E-state index is 12.9. The van der Waals surface area contributed by atoms with E-state index in [1.807, 2.05) is 6.07 Å². The summed E-state index contributed by atoms with van der Waals surface area (Å²) in [6.45, 7) is 0. The van der Waals surface area contributed by atoms with E-state index in [1.165, 1.54) is 25.2 Å². The number of para-hydroxylation sites is 1. The molecule has 132 valence electrons. The van der Waals surface area contributed by atoms with E-state index in [0.717, 1.165) is 0 Å². The van der Waals surface area contributed by atoms with Gasteiger partial charge >= 0.3 is 0 Å². The van der Waals surface area contributed by atoms with Crippen LogP contribution in [0.1, 0.15) is 5.56 Å². The van der Waals surface area contributed by atoms with E-state index in [2.05, 4.69) is 5.32 Å². The number of hydrogen-bond donors (Lipinski definition) is 1. The van der Waals surface area contributed by atoms with Gasteiger partial charge in [-0.1, -0.05) is 24.3 Å². The van der Waals surface area contributed by atoms with Crippen molar-refractivity contribution in [1.82, 2.24) is 5.32 Å². The van der Waals surface area contributed by atoms with Crippen LogP contribution >= 0.6 is 12.2 Å². The van der Waals surface area contributed by atoms with Gasteiger partial charge in [-0.15, -0.1) is 0 Å². The lowest BCUT2D eigenvalue weighted by atomic mass is 10.1. The molecule has 0 spiro atoms. The quantitative estimate of drug-likeness (QED) is 0.510. The van der Waals surface area contributed by atoms with Crippen molar-refractivity contribution in [3.8, 4) is 11.5 Å². The van der Waals surface area contributed by atoms with Crippen LogP contribution in [-0.4, -0.2) is 31.1 Å². The third-order valence-electron chi connectivity index (χ3n) is 3.83. The standard InChI is InChI=1S/C19H16N2O4S/c1-24-15-9-8-12(11-16(15)25-2)10-14-17(22)20-19(26)21(18(14)23)13-6-4-3-5-7-13/h3-11H,1-2H3,(H,20,22,26)/b14-10-. The molecule has 0 radical (unpaired) electrons. The molecular formula is C19H16N2O4S. The summed E-state index contributed by atoms with van der Waals surface area (Å²) in [7, 11) is 3.05. The number of methoxy groups -OCH3 is 2. The molecule has 0 saturated carbocycles. The van der Waals surface area contributed by atoms with Gasteiger partial charge in [0.1, 0.15) is 5.57 Å². The summed E-state index contributed by atoms with van der Waals surface area (Å²) in [6.07, 6.45) is 1.50. The van der Waals surface area contributed by atoms with Crippen molar-refractivity contribution in [2.24, 2.45) is 0 Å². The molecule has 1 aliphatic heterocycles. The van der Waals surface area contributed by atoms with Gasteiger partial charge in [-0.05, 0) is 48.1 Å². The van der Waals surface area contributed by atoms with Crippen molar-refractivity contribution in [3.63, 3.8) is 0 Å². The summed E-state index contributed by atoms with van der Waals surface area (Å²) < 4.78 is 10.5. The lowest BCUT2D eigenvalue weighted by molar-refractivity contribution is -0.122. The highest BCUT2D eigenvalue weighted by atomic mass is 32.1. The molecule has 0 aromatic heterocycles. The Bertz CT molecular complexity index is 909. The second-order valence-corrected chi connectivity index (χ2v) is 5.79. The van der Waals surface area contributed by atoms with Crippen LogP contribution in [0.3, 0.4) is 0 Å². The van der Waals surface area contributed by atoms with Gasteiger partial charge in [0.25, 0.3) is 11.8 Å². The van der Waals surface area contributed by atoms with Gasteiger partial charge in [0.05, 0.1) is 19.9 Å². The fourth-order valence-corrected chi connectivity index (χ4v) is 2.86. The van der Waals surface area contributed by atoms with Crippen molar-refractivity contribution in [2.45, 2.75) is 0 Å². The lowest BCUT2D eigenvalue weighted by Gasteiger charge is -2.28. The normalized spacial score (nSPS) is 15.8. The molecule has 26 heavy (non-hydrogen) atoms. The van der Waals surface area contributed by atoms with Crippen LogP contribution < -0.4 is 19.7 Å². The Morgan fingerprint density at radius 1 is 1.00 bits per heavy atom. The van der Waals surface area contributed by atoms with Crippen molar-refractivity contribution in [1.29, 1.82) is 0 Å². The summed E-state index contributed by atoms with van der Waals surface area (Å²) in [5, 5.41) is 2.60. The maximum Gasteiger partial charge on any atom is 0.270 e. The van der Waals surface area contributed by atoms with Crippen LogP contribution in [-0.2, 0) is 9.59 Å². The zero-order chi connectivity index (χ0) is 18.7. The number of benzene rings is 2. The average molecular weight is 368 g/mol. The molecule has 3 rings (SSSR count). The third-order valence-corrected chi connectivity index (χ3v) is 4.12. The molecule has 7 heteroatoms. The van der Waals surface area contributed by atoms with Crippen molar-refractivity contribution < 1.29 is 19.1 Å². The monoisotopic (exact) mass is 368 g/mol. The first-order chi connectivity index (χ1) is 12.5. The van der Waals surface area contributed by atoms with Crippen LogP contribution in [0.25, 0.3) is 6.08 Å². The Morgan fingerprint density at radius 2 is 1.69 bits per heavy atom. The van der Waals surface area contributed by atoms with E-state index < -0.39 is 11.8 Å². The minimum absolute atomic E-state index is 0.0188. The predicted octanol–water partition coefficient (Wildman–Crippen LogP) is 2.54. The third kappa shape index (κ3) is 3.29. The molecule has 0 unspecified atom stereocenters. The molecule has 2 aromatic rings. The van der Waals surface area contributed by atoms with Gasteiger partial charge in [-0.3, -0.25) is 19.8 Å². The Morgan fingerprint density at radius 3 is 2.35 bits per heavy atom. The SMILES string of the molecule is COc1ccc(/C=C2/C(=O)NC(=S)N(c3ccccc3)C2=O)cc1OC. The van der Waals surface area contributed by atoms with Gasteiger partial charge in [0.2, 0.25) is 0 Å². The smallest absolute Gasteiger partial charge is 0.270 e. The topological polar surface area (TPSA) is 67.9 Å². The van der Waals surface area contributed by atoms with E-state index in [4.69, 9.17) is 21.7 Å². The molecule has 6 nitrogen and oxygen atoms in total. The van der Waals surface area contributed by atoms with E-state index >= 15 is 0 Å². The van der Waals surface area contributed by atoms with Crippen LogP contribution in [0.2, 0.25) is 0 Å². The number of amides is 2. The van der Waals surface area contributed by atoms with Gasteiger partial charge < -0.3 is 9.47 Å². The highest BCUT2D eigenvalue weighted by molar-refractivity contribution is 7.80. The number of ether oxygens (including phenoxy) is 2. The van der Waals surface area contributed by atoms with Crippen LogP contribution in [0.15, 0.2) is 54.1 Å². The highest BCUT2D eigenvalue weighted by Crippen LogP contribution is 2.29. The summed E-state index contributed by atoms with van der Waals surface area (Å²) >= 11 is 5.16. The fourth-order valence-electron chi connectivity index (χ4n) is 2.58. The molecule has 1 saturated heterocycles. The first kappa shape index (κ1) is 17.6. The van der Waals surface area contributed by atoms with Crippen LogP contribution in [0.5, 0.6) is 11.5 Å². The van der Waals surface area contributed by atoms with Crippen molar-refractivity contribution >= 4 is 40.9 Å². The predicted molar refractivity (Wildman–Crippen MR) is 102 cm³/mol. The van der Waals surface area contributed by atoms with Gasteiger partial charge in [0, 0.05) is 0 Å². The zero-order valence-electron chi connectivity index (χ0n) is 14.2. The maximum atomic E-state index is 12.9. The minimum Gasteiger partial charge on any atom is -0.493 e. The summed E-state index contributed by atoms with van der Waals surface area (Å²) in [4.78, 5) is 26.5. The van der Waals surface area contributed by atoms with E-state index in [9.17, 15) is 9.59 Å². The fraction of sp³-hybridized carbons (Fsp3) is 0.105. The molecule has 0 bridgehead atoms. The van der Waals surface area contributed by atoms with Crippen LogP contribution in [0, 0.1) is 0 Å². The first-order valence-electron chi connectivity index (χ1n) is 7.73. The molecule has 0 aliphatic carbocycles. The number of carbonyl (C=O) groups excluding carboxylic acids is 2. The summed E-state index contributed by atoms with van der Waals surface area (Å²) in [5.74, 6) is 0.0313. The number of anilines is 1. The molecule has 0 atom stereocenters. The minimum atomic E-state index is -0.540. The summed E-state index contributed by atoms with van der Waals surface area (Å²) in [6, 6.07) is 14.0. The Kier molecular flexibility index (Phi) is 4.99. The number of rotatable bonds is 4. The first-order valence-corrected chi connectivity index (χ1v) is 8.14. The Labute approximate surface area is 156 Å². The molecule has 1 fully saturated rings. The number of nitrogens with one attached hydrogen (secondary N) is 1. The Balaban J connectivity index is 2.01. The largest absolute Gasteiger partial charge is 0.493 e. The molecule has 1 heterocycles. The number of carbonyl (C=O) groups is 2. The van der Waals surface area contributed by atoms with E-state index in [-0.39, 0.29) is 10.7 Å². The van der Waals surface area contributed by atoms with Crippen LogP contribution in [0.4, 0.5) is 5.69 Å².